The first-order chi connectivity index (χ1) is 6.09. The van der Waals surface area contributed by atoms with Crippen molar-refractivity contribution in [2.45, 2.75) is 13.0 Å². The number of rotatable bonds is 2. The molecule has 1 unspecified atom stereocenters. The van der Waals surface area contributed by atoms with E-state index in [1.807, 2.05) is 0 Å². The third-order valence-electron chi connectivity index (χ3n) is 1.47. The smallest absolute Gasteiger partial charge is 0.248 e. The zero-order valence-electron chi connectivity index (χ0n) is 7.20. The Morgan fingerprint density at radius 3 is 2.77 bits per heavy atom. The van der Waals surface area contributed by atoms with Gasteiger partial charge < -0.3 is 16.0 Å². The van der Waals surface area contributed by atoms with Crippen molar-refractivity contribution >= 4 is 11.6 Å². The van der Waals surface area contributed by atoms with Crippen molar-refractivity contribution < 1.29 is 4.79 Å². The maximum absolute atomic E-state index is 11.1. The summed E-state index contributed by atoms with van der Waals surface area (Å²) in [6, 6.07) is 2.28. The highest BCUT2D eigenvalue weighted by Gasteiger charge is 2.06. The normalized spacial score (nSPS) is 12.2. The number of H-pyrrole nitrogens is 1. The van der Waals surface area contributed by atoms with Gasteiger partial charge in [0.2, 0.25) is 11.5 Å². The molecule has 70 valence electrons. The number of aromatic amines is 1. The molecule has 0 aliphatic heterocycles. The number of nitrogens with two attached hydrogens (primary N) is 1. The molecule has 0 aromatic carbocycles. The van der Waals surface area contributed by atoms with Crippen LogP contribution in [0.2, 0.25) is 0 Å². The summed E-state index contributed by atoms with van der Waals surface area (Å²) in [6.07, 6.45) is 1.42. The Hall–Kier alpha value is -1.62. The predicted molar refractivity (Wildman–Crippen MR) is 49.3 cm³/mol. The number of amides is 1. The van der Waals surface area contributed by atoms with E-state index in [-0.39, 0.29) is 11.5 Å². The van der Waals surface area contributed by atoms with Crippen LogP contribution in [0.1, 0.15) is 6.92 Å². The average molecular weight is 181 g/mol. The fourth-order valence-electron chi connectivity index (χ4n) is 0.744. The second kappa shape index (κ2) is 3.86. The number of carbonyl (C=O) groups excluding carboxylic acids is 1. The second-order valence-corrected chi connectivity index (χ2v) is 2.72. The monoisotopic (exact) mass is 181 g/mol. The van der Waals surface area contributed by atoms with E-state index in [1.165, 1.54) is 18.3 Å². The van der Waals surface area contributed by atoms with E-state index in [4.69, 9.17) is 5.73 Å². The highest BCUT2D eigenvalue weighted by atomic mass is 16.2. The van der Waals surface area contributed by atoms with E-state index in [0.29, 0.717) is 5.69 Å². The summed E-state index contributed by atoms with van der Waals surface area (Å²) in [4.78, 5) is 24.2. The Labute approximate surface area is 75.0 Å². The lowest BCUT2D eigenvalue weighted by Gasteiger charge is -2.06. The number of pyridine rings is 1. The number of carbonyl (C=O) groups is 1. The van der Waals surface area contributed by atoms with Gasteiger partial charge in [0, 0.05) is 12.3 Å². The first-order valence-electron chi connectivity index (χ1n) is 3.85. The highest BCUT2D eigenvalue weighted by molar-refractivity contribution is 5.94. The SMILES string of the molecule is CC(N)C(=O)Nc1ccc(=O)[nH]c1. The maximum Gasteiger partial charge on any atom is 0.248 e. The molecule has 5 heteroatoms. The molecule has 1 aromatic heterocycles. The van der Waals surface area contributed by atoms with Gasteiger partial charge in [-0.25, -0.2) is 0 Å². The van der Waals surface area contributed by atoms with Gasteiger partial charge in [-0.1, -0.05) is 0 Å². The van der Waals surface area contributed by atoms with Crippen molar-refractivity contribution in [3.05, 3.63) is 28.7 Å². The maximum atomic E-state index is 11.1. The Kier molecular flexibility index (Phi) is 2.81. The molecule has 1 amide bonds. The predicted octanol–water partition coefficient (Wildman–Crippen LogP) is -0.339. The minimum atomic E-state index is -0.563. The van der Waals surface area contributed by atoms with E-state index in [0.717, 1.165) is 0 Å². The van der Waals surface area contributed by atoms with Crippen LogP contribution in [0.5, 0.6) is 0 Å². The van der Waals surface area contributed by atoms with Crippen molar-refractivity contribution in [1.29, 1.82) is 0 Å². The molecule has 13 heavy (non-hydrogen) atoms. The third kappa shape index (κ3) is 2.72. The molecule has 0 fully saturated rings. The highest BCUT2D eigenvalue weighted by Crippen LogP contribution is 2.00. The molecule has 0 bridgehead atoms. The lowest BCUT2D eigenvalue weighted by molar-refractivity contribution is -0.117. The Bertz CT molecular complexity index is 336. The summed E-state index contributed by atoms with van der Waals surface area (Å²) < 4.78 is 0. The Morgan fingerprint density at radius 1 is 1.62 bits per heavy atom. The van der Waals surface area contributed by atoms with Gasteiger partial charge in [-0.2, -0.15) is 0 Å². The summed E-state index contributed by atoms with van der Waals surface area (Å²) in [7, 11) is 0. The van der Waals surface area contributed by atoms with Crippen molar-refractivity contribution in [3.8, 4) is 0 Å². The molecular formula is C8H11N3O2. The molecule has 0 aliphatic rings. The van der Waals surface area contributed by atoms with Crippen LogP contribution in [0.3, 0.4) is 0 Å². The van der Waals surface area contributed by atoms with Crippen LogP contribution in [-0.4, -0.2) is 16.9 Å². The number of hydrogen-bond donors (Lipinski definition) is 3. The molecule has 0 aliphatic carbocycles. The molecule has 0 saturated heterocycles. The molecule has 0 spiro atoms. The Morgan fingerprint density at radius 2 is 2.31 bits per heavy atom. The zero-order chi connectivity index (χ0) is 9.84. The molecule has 4 N–H and O–H groups in total. The first kappa shape index (κ1) is 9.47. The van der Waals surface area contributed by atoms with E-state index in [1.54, 1.807) is 6.92 Å². The molecule has 0 radical (unpaired) electrons. The zero-order valence-corrected chi connectivity index (χ0v) is 7.20. The molecule has 1 heterocycles. The van der Waals surface area contributed by atoms with E-state index in [9.17, 15) is 9.59 Å². The number of anilines is 1. The summed E-state index contributed by atoms with van der Waals surface area (Å²) in [5.74, 6) is -0.285. The van der Waals surface area contributed by atoms with Gasteiger partial charge in [-0.15, -0.1) is 0 Å². The van der Waals surface area contributed by atoms with Crippen LogP contribution < -0.4 is 16.6 Å². The first-order valence-corrected chi connectivity index (χ1v) is 3.85. The van der Waals surface area contributed by atoms with Gasteiger partial charge in [0.1, 0.15) is 0 Å². The van der Waals surface area contributed by atoms with Crippen molar-refractivity contribution in [3.63, 3.8) is 0 Å². The van der Waals surface area contributed by atoms with Crippen LogP contribution in [-0.2, 0) is 4.79 Å². The summed E-state index contributed by atoms with van der Waals surface area (Å²) >= 11 is 0. The Balaban J connectivity index is 2.70. The minimum absolute atomic E-state index is 0.209. The minimum Gasteiger partial charge on any atom is -0.327 e. The third-order valence-corrected chi connectivity index (χ3v) is 1.47. The lowest BCUT2D eigenvalue weighted by atomic mass is 10.3. The molecule has 1 rings (SSSR count). The molecular weight excluding hydrogens is 170 g/mol. The molecule has 1 aromatic rings. The largest absolute Gasteiger partial charge is 0.327 e. The van der Waals surface area contributed by atoms with E-state index in [2.05, 4.69) is 10.3 Å². The quantitative estimate of drug-likeness (QED) is 0.583. The summed E-state index contributed by atoms with van der Waals surface area (Å²) in [5, 5.41) is 2.53. The van der Waals surface area contributed by atoms with Gasteiger partial charge in [-0.05, 0) is 13.0 Å². The van der Waals surface area contributed by atoms with Gasteiger partial charge in [0.05, 0.1) is 11.7 Å². The lowest BCUT2D eigenvalue weighted by Crippen LogP contribution is -2.32. The average Bonchev–Trinajstić information content (AvgIpc) is 2.08. The van der Waals surface area contributed by atoms with Crippen molar-refractivity contribution in [1.82, 2.24) is 4.98 Å². The second-order valence-electron chi connectivity index (χ2n) is 2.72. The standard InChI is InChI=1S/C8H11N3O2/c1-5(9)8(13)11-6-2-3-7(12)10-4-6/h2-5H,9H2,1H3,(H,10,12)(H,11,13). The number of aromatic nitrogens is 1. The number of hydrogen-bond acceptors (Lipinski definition) is 3. The summed E-state index contributed by atoms with van der Waals surface area (Å²) in [6.45, 7) is 1.58. The molecule has 1 atom stereocenters. The van der Waals surface area contributed by atoms with E-state index < -0.39 is 6.04 Å². The molecule has 5 nitrogen and oxygen atoms in total. The van der Waals surface area contributed by atoms with Crippen molar-refractivity contribution in [2.75, 3.05) is 5.32 Å². The van der Waals surface area contributed by atoms with Crippen LogP contribution >= 0.6 is 0 Å². The fourth-order valence-corrected chi connectivity index (χ4v) is 0.744. The van der Waals surface area contributed by atoms with Crippen LogP contribution in [0, 0.1) is 0 Å². The van der Waals surface area contributed by atoms with Gasteiger partial charge >= 0.3 is 0 Å². The van der Waals surface area contributed by atoms with E-state index >= 15 is 0 Å². The molecule has 0 saturated carbocycles. The van der Waals surface area contributed by atoms with Gasteiger partial charge in [-0.3, -0.25) is 9.59 Å². The number of nitrogens with one attached hydrogen (secondary N) is 2. The fraction of sp³-hybridized carbons (Fsp3) is 0.250. The van der Waals surface area contributed by atoms with Crippen LogP contribution in [0.4, 0.5) is 5.69 Å². The van der Waals surface area contributed by atoms with Gasteiger partial charge in [0.25, 0.3) is 0 Å². The van der Waals surface area contributed by atoms with Crippen molar-refractivity contribution in [2.24, 2.45) is 5.73 Å². The van der Waals surface area contributed by atoms with Crippen LogP contribution in [0.25, 0.3) is 0 Å². The van der Waals surface area contributed by atoms with Crippen LogP contribution in [0.15, 0.2) is 23.1 Å². The summed E-state index contributed by atoms with van der Waals surface area (Å²) in [5.41, 5.74) is 5.65. The van der Waals surface area contributed by atoms with Gasteiger partial charge in [0.15, 0.2) is 0 Å². The topological polar surface area (TPSA) is 88.0 Å².